The van der Waals surface area contributed by atoms with E-state index in [4.69, 9.17) is 0 Å². The summed E-state index contributed by atoms with van der Waals surface area (Å²) in [7, 11) is 0. The molecule has 1 saturated heterocycles. The molecule has 41 heavy (non-hydrogen) atoms. The van der Waals surface area contributed by atoms with Crippen LogP contribution in [-0.2, 0) is 22.4 Å². The van der Waals surface area contributed by atoms with Crippen LogP contribution in [0.1, 0.15) is 43.0 Å². The Balaban J connectivity index is 1.40. The Labute approximate surface area is 241 Å². The molecule has 2 heterocycles. The van der Waals surface area contributed by atoms with Gasteiger partial charge in [0.1, 0.15) is 11.8 Å². The molecule has 0 saturated carbocycles. The fraction of sp³-hybridized carbons (Fsp3) is 0.353. The Morgan fingerprint density at radius 1 is 1.00 bits per heavy atom. The number of carbonyl (C=O) groups is 2. The number of H-pyrrole nitrogens is 1. The largest absolute Gasteiger partial charge is 0.508 e. The fourth-order valence-electron chi connectivity index (χ4n) is 6.28. The summed E-state index contributed by atoms with van der Waals surface area (Å²) in [6, 6.07) is 24.0. The van der Waals surface area contributed by atoms with Crippen LogP contribution in [0.5, 0.6) is 5.75 Å². The molecule has 7 heteroatoms. The van der Waals surface area contributed by atoms with Gasteiger partial charge in [0.25, 0.3) is 0 Å². The molecule has 7 nitrogen and oxygen atoms in total. The molecule has 0 radical (unpaired) electrons. The number of carbonyl (C=O) groups excluding carboxylic acids is 1. The number of phenols is 1. The van der Waals surface area contributed by atoms with Crippen molar-refractivity contribution in [1.29, 1.82) is 0 Å². The van der Waals surface area contributed by atoms with E-state index in [1.165, 1.54) is 0 Å². The van der Waals surface area contributed by atoms with Crippen LogP contribution in [-0.4, -0.2) is 51.1 Å². The van der Waals surface area contributed by atoms with Gasteiger partial charge in [-0.1, -0.05) is 74.5 Å². The smallest absolute Gasteiger partial charge is 0.326 e. The third kappa shape index (κ3) is 6.63. The van der Waals surface area contributed by atoms with Gasteiger partial charge in [0, 0.05) is 36.1 Å². The predicted molar refractivity (Wildman–Crippen MR) is 161 cm³/mol. The monoisotopic (exact) mass is 553 g/mol. The first-order valence-corrected chi connectivity index (χ1v) is 14.4. The number of amides is 1. The third-order valence-corrected chi connectivity index (χ3v) is 8.74. The number of carboxylic acids is 1. The van der Waals surface area contributed by atoms with Gasteiger partial charge in [-0.2, -0.15) is 0 Å². The molecule has 3 aromatic carbocycles. The average molecular weight is 554 g/mol. The zero-order valence-electron chi connectivity index (χ0n) is 23.7. The number of aromatic amines is 1. The molecule has 4 aromatic rings. The molecule has 0 aliphatic carbocycles. The highest BCUT2D eigenvalue weighted by molar-refractivity contribution is 5.87. The summed E-state index contributed by atoms with van der Waals surface area (Å²) in [4.78, 5) is 31.8. The second-order valence-corrected chi connectivity index (χ2v) is 11.5. The van der Waals surface area contributed by atoms with Crippen molar-refractivity contribution in [1.82, 2.24) is 15.2 Å². The van der Waals surface area contributed by atoms with E-state index in [0.29, 0.717) is 24.8 Å². The van der Waals surface area contributed by atoms with E-state index in [9.17, 15) is 19.8 Å². The Morgan fingerprint density at radius 2 is 1.76 bits per heavy atom. The maximum atomic E-state index is 13.9. The maximum absolute atomic E-state index is 13.9. The summed E-state index contributed by atoms with van der Waals surface area (Å²) in [6.07, 6.45) is 3.52. The van der Waals surface area contributed by atoms with Gasteiger partial charge in [0.15, 0.2) is 0 Å². The van der Waals surface area contributed by atoms with Crippen LogP contribution in [0.4, 0.5) is 0 Å². The number of carboxylic acid groups (broad SMARTS) is 1. The molecule has 1 amide bonds. The minimum Gasteiger partial charge on any atom is -0.508 e. The lowest BCUT2D eigenvalue weighted by Crippen LogP contribution is -2.50. The number of rotatable bonds is 10. The first-order chi connectivity index (χ1) is 19.8. The van der Waals surface area contributed by atoms with Gasteiger partial charge < -0.3 is 20.5 Å². The van der Waals surface area contributed by atoms with Crippen LogP contribution in [0.25, 0.3) is 10.9 Å². The summed E-state index contributed by atoms with van der Waals surface area (Å²) in [5.41, 5.74) is 3.86. The van der Waals surface area contributed by atoms with Crippen molar-refractivity contribution in [3.63, 3.8) is 0 Å². The SMILES string of the molecule is C[C@@H]1CCN(C[C@H](Cc2ccccc2)C(=O)N[C@@H](Cc2c[nH]c3ccccc23)C(=O)O)C(c2cccc(O)c2)[C@@H]1C. The number of fused-ring (bicyclic) bond motifs is 1. The van der Waals surface area contributed by atoms with Gasteiger partial charge in [-0.15, -0.1) is 0 Å². The molecule has 1 aliphatic rings. The number of nitrogens with one attached hydrogen (secondary N) is 2. The molecule has 0 spiro atoms. The van der Waals surface area contributed by atoms with E-state index in [1.54, 1.807) is 6.07 Å². The summed E-state index contributed by atoms with van der Waals surface area (Å²) < 4.78 is 0. The quantitative estimate of drug-likeness (QED) is 0.206. The van der Waals surface area contributed by atoms with Crippen LogP contribution in [0, 0.1) is 17.8 Å². The lowest BCUT2D eigenvalue weighted by Gasteiger charge is -2.45. The minimum absolute atomic E-state index is 0.0402. The lowest BCUT2D eigenvalue weighted by molar-refractivity contribution is -0.142. The zero-order valence-corrected chi connectivity index (χ0v) is 23.7. The van der Waals surface area contributed by atoms with Crippen LogP contribution >= 0.6 is 0 Å². The molecule has 1 aromatic heterocycles. The summed E-state index contributed by atoms with van der Waals surface area (Å²) >= 11 is 0. The number of hydrogen-bond donors (Lipinski definition) is 4. The highest BCUT2D eigenvalue weighted by Crippen LogP contribution is 2.40. The van der Waals surface area contributed by atoms with E-state index < -0.39 is 17.9 Å². The van der Waals surface area contributed by atoms with E-state index in [-0.39, 0.29) is 24.1 Å². The predicted octanol–water partition coefficient (Wildman–Crippen LogP) is 5.56. The lowest BCUT2D eigenvalue weighted by atomic mass is 9.78. The number of phenolic OH excluding ortho intramolecular Hbond substituents is 1. The Kier molecular flexibility index (Phi) is 8.74. The molecular formula is C34H39N3O4. The van der Waals surface area contributed by atoms with Gasteiger partial charge in [-0.3, -0.25) is 9.69 Å². The molecule has 1 aliphatic heterocycles. The standard InChI is InChI=1S/C34H39N3O4/c1-22-15-16-37(32(23(22)2)25-11-8-12-28(38)18-25)21-27(17-24-9-4-3-5-10-24)33(39)36-31(34(40)41)19-26-20-35-30-14-7-6-13-29(26)30/h3-14,18,20,22-23,27,31-32,35,38H,15-17,19,21H2,1-2H3,(H,36,39)(H,40,41)/t22-,23-,27+,31+,32?/m1/s1. The molecular weight excluding hydrogens is 514 g/mol. The first kappa shape index (κ1) is 28.4. The zero-order chi connectivity index (χ0) is 28.9. The van der Waals surface area contributed by atoms with E-state index in [0.717, 1.165) is 40.6 Å². The second-order valence-electron chi connectivity index (χ2n) is 11.5. The fourth-order valence-corrected chi connectivity index (χ4v) is 6.28. The summed E-state index contributed by atoms with van der Waals surface area (Å²) in [5.74, 6) is -0.731. The Hall–Kier alpha value is -4.10. The number of nitrogens with zero attached hydrogens (tertiary/aromatic N) is 1. The molecule has 1 unspecified atom stereocenters. The molecule has 0 bridgehead atoms. The van der Waals surface area contributed by atoms with Crippen molar-refractivity contribution in [2.24, 2.45) is 17.8 Å². The van der Waals surface area contributed by atoms with Crippen LogP contribution < -0.4 is 5.32 Å². The van der Waals surface area contributed by atoms with Crippen molar-refractivity contribution in [2.45, 2.75) is 45.2 Å². The maximum Gasteiger partial charge on any atom is 0.326 e. The van der Waals surface area contributed by atoms with Gasteiger partial charge in [0.05, 0.1) is 5.92 Å². The van der Waals surface area contributed by atoms with Crippen molar-refractivity contribution < 1.29 is 19.8 Å². The highest BCUT2D eigenvalue weighted by Gasteiger charge is 2.37. The van der Waals surface area contributed by atoms with Crippen molar-refractivity contribution >= 4 is 22.8 Å². The third-order valence-electron chi connectivity index (χ3n) is 8.74. The van der Waals surface area contributed by atoms with Gasteiger partial charge >= 0.3 is 5.97 Å². The van der Waals surface area contributed by atoms with Crippen LogP contribution in [0.3, 0.4) is 0 Å². The summed E-state index contributed by atoms with van der Waals surface area (Å²) in [6.45, 7) is 5.80. The van der Waals surface area contributed by atoms with Crippen LogP contribution in [0.15, 0.2) is 85.1 Å². The number of aromatic hydroxyl groups is 1. The molecule has 1 fully saturated rings. The van der Waals surface area contributed by atoms with Gasteiger partial charge in [-0.05, 0) is 66.1 Å². The van der Waals surface area contributed by atoms with E-state index in [2.05, 4.69) is 29.0 Å². The minimum atomic E-state index is -1.06. The average Bonchev–Trinajstić information content (AvgIpc) is 3.37. The number of hydrogen-bond acceptors (Lipinski definition) is 4. The topological polar surface area (TPSA) is 106 Å². The summed E-state index contributed by atoms with van der Waals surface area (Å²) in [5, 5.41) is 24.2. The number of likely N-dealkylation sites (tertiary alicyclic amines) is 1. The molecule has 5 atom stereocenters. The van der Waals surface area contributed by atoms with Crippen molar-refractivity contribution in [2.75, 3.05) is 13.1 Å². The molecule has 5 rings (SSSR count). The number of aromatic nitrogens is 1. The molecule has 4 N–H and O–H groups in total. The van der Waals surface area contributed by atoms with Gasteiger partial charge in [-0.25, -0.2) is 4.79 Å². The van der Waals surface area contributed by atoms with Crippen molar-refractivity contribution in [3.05, 3.63) is 102 Å². The Bertz CT molecular complexity index is 1480. The van der Waals surface area contributed by atoms with E-state index >= 15 is 0 Å². The number of aliphatic carboxylic acids is 1. The number of piperidine rings is 1. The van der Waals surface area contributed by atoms with E-state index in [1.807, 2.05) is 79.0 Å². The molecule has 214 valence electrons. The normalized spacial score (nSPS) is 20.9. The van der Waals surface area contributed by atoms with Gasteiger partial charge in [0.2, 0.25) is 5.91 Å². The number of para-hydroxylation sites is 1. The highest BCUT2D eigenvalue weighted by atomic mass is 16.4. The van der Waals surface area contributed by atoms with Crippen molar-refractivity contribution in [3.8, 4) is 5.75 Å². The second kappa shape index (κ2) is 12.6. The first-order valence-electron chi connectivity index (χ1n) is 14.4. The Morgan fingerprint density at radius 3 is 2.51 bits per heavy atom. The number of benzene rings is 3. The van der Waals surface area contributed by atoms with Crippen LogP contribution in [0.2, 0.25) is 0 Å².